The van der Waals surface area contributed by atoms with Gasteiger partial charge in [-0.2, -0.15) is 0 Å². The normalized spacial score (nSPS) is 21.0. The lowest BCUT2D eigenvalue weighted by Gasteiger charge is -2.44. The molecule has 4 nitrogen and oxygen atoms in total. The van der Waals surface area contributed by atoms with E-state index in [2.05, 4.69) is 23.9 Å². The van der Waals surface area contributed by atoms with Crippen molar-refractivity contribution in [2.75, 3.05) is 13.1 Å². The van der Waals surface area contributed by atoms with Crippen molar-refractivity contribution < 1.29 is 8.42 Å². The molecule has 5 heteroatoms. The maximum atomic E-state index is 12.8. The molecule has 1 fully saturated rings. The molecule has 0 bridgehead atoms. The summed E-state index contributed by atoms with van der Waals surface area (Å²) in [6, 6.07) is 3.93. The van der Waals surface area contributed by atoms with Gasteiger partial charge < -0.3 is 5.32 Å². The lowest BCUT2D eigenvalue weighted by Crippen LogP contribution is -2.54. The lowest BCUT2D eigenvalue weighted by atomic mass is 9.70. The van der Waals surface area contributed by atoms with Crippen LogP contribution in [0.15, 0.2) is 17.0 Å². The highest BCUT2D eigenvalue weighted by Gasteiger charge is 2.38. The zero-order chi connectivity index (χ0) is 18.0. The number of nitrogens with one attached hydrogen (secondary N) is 2. The van der Waals surface area contributed by atoms with Gasteiger partial charge in [0, 0.05) is 12.6 Å². The van der Waals surface area contributed by atoms with Crippen LogP contribution in [0, 0.1) is 26.2 Å². The highest BCUT2D eigenvalue weighted by molar-refractivity contribution is 7.89. The van der Waals surface area contributed by atoms with Crippen LogP contribution in [0.2, 0.25) is 0 Å². The molecule has 1 saturated heterocycles. The second-order valence-electron chi connectivity index (χ2n) is 7.23. The maximum absolute atomic E-state index is 12.8. The van der Waals surface area contributed by atoms with Crippen molar-refractivity contribution in [3.8, 4) is 0 Å². The third-order valence-corrected chi connectivity index (χ3v) is 7.51. The molecule has 1 aromatic carbocycles. The Labute approximate surface area is 147 Å². The van der Waals surface area contributed by atoms with E-state index in [9.17, 15) is 8.42 Å². The van der Waals surface area contributed by atoms with Crippen LogP contribution in [0.3, 0.4) is 0 Å². The van der Waals surface area contributed by atoms with Crippen LogP contribution in [-0.4, -0.2) is 27.5 Å². The number of hydrogen-bond donors (Lipinski definition) is 2. The molecule has 1 heterocycles. The minimum absolute atomic E-state index is 0.193. The number of benzene rings is 1. The molecule has 2 N–H and O–H groups in total. The Hall–Kier alpha value is -0.910. The van der Waals surface area contributed by atoms with Crippen molar-refractivity contribution >= 4 is 10.0 Å². The van der Waals surface area contributed by atoms with Gasteiger partial charge in [0.25, 0.3) is 0 Å². The minimum atomic E-state index is -3.49. The number of piperidine rings is 1. The summed E-state index contributed by atoms with van der Waals surface area (Å²) in [5.74, 6) is 0. The van der Waals surface area contributed by atoms with Gasteiger partial charge in [-0.3, -0.25) is 0 Å². The molecule has 1 aliphatic rings. The van der Waals surface area contributed by atoms with Gasteiger partial charge in [0.05, 0.1) is 4.90 Å². The van der Waals surface area contributed by atoms with E-state index >= 15 is 0 Å². The average molecular weight is 353 g/mol. The Kier molecular flexibility index (Phi) is 6.10. The van der Waals surface area contributed by atoms with E-state index < -0.39 is 10.0 Å². The highest BCUT2D eigenvalue weighted by Crippen LogP contribution is 2.38. The zero-order valence-corrected chi connectivity index (χ0v) is 16.5. The molecule has 1 unspecified atom stereocenters. The molecule has 0 radical (unpaired) electrons. The largest absolute Gasteiger partial charge is 0.312 e. The van der Waals surface area contributed by atoms with Crippen molar-refractivity contribution in [1.29, 1.82) is 0 Å². The fourth-order valence-corrected chi connectivity index (χ4v) is 5.34. The molecule has 0 amide bonds. The van der Waals surface area contributed by atoms with Gasteiger partial charge in [-0.1, -0.05) is 19.9 Å². The van der Waals surface area contributed by atoms with E-state index in [0.29, 0.717) is 11.4 Å². The molecule has 24 heavy (non-hydrogen) atoms. The Balaban J connectivity index is 2.19. The highest BCUT2D eigenvalue weighted by atomic mass is 32.2. The first kappa shape index (κ1) is 19.4. The first-order valence-electron chi connectivity index (χ1n) is 9.06. The monoisotopic (exact) mass is 352 g/mol. The number of aryl methyl sites for hydroxylation is 3. The SMILES string of the molecule is CCC1(CC)CCCNC1CNS(=O)(=O)c1cc(C)c(C)cc1C. The van der Waals surface area contributed by atoms with E-state index in [1.54, 1.807) is 6.07 Å². The fraction of sp³-hybridized carbons (Fsp3) is 0.684. The number of hydrogen-bond acceptors (Lipinski definition) is 3. The Bertz CT molecular complexity index is 679. The number of sulfonamides is 1. The van der Waals surface area contributed by atoms with Crippen LogP contribution < -0.4 is 10.0 Å². The van der Waals surface area contributed by atoms with Crippen LogP contribution >= 0.6 is 0 Å². The van der Waals surface area contributed by atoms with Gasteiger partial charge in [0.2, 0.25) is 10.0 Å². The predicted molar refractivity (Wildman–Crippen MR) is 99.9 cm³/mol. The second-order valence-corrected chi connectivity index (χ2v) is 8.97. The van der Waals surface area contributed by atoms with Gasteiger partial charge in [0.15, 0.2) is 0 Å². The van der Waals surface area contributed by atoms with Gasteiger partial charge in [-0.05, 0) is 81.2 Å². The lowest BCUT2D eigenvalue weighted by molar-refractivity contribution is 0.123. The van der Waals surface area contributed by atoms with Crippen LogP contribution in [0.4, 0.5) is 0 Å². The van der Waals surface area contributed by atoms with Crippen LogP contribution in [0.5, 0.6) is 0 Å². The molecular formula is C19H32N2O2S. The molecule has 1 aromatic rings. The summed E-state index contributed by atoms with van der Waals surface area (Å²) in [6.07, 6.45) is 4.49. The maximum Gasteiger partial charge on any atom is 0.240 e. The third kappa shape index (κ3) is 3.84. The van der Waals surface area contributed by atoms with Gasteiger partial charge >= 0.3 is 0 Å². The molecule has 0 aromatic heterocycles. The van der Waals surface area contributed by atoms with E-state index in [1.165, 1.54) is 12.8 Å². The second kappa shape index (κ2) is 7.54. The van der Waals surface area contributed by atoms with Crippen molar-refractivity contribution in [2.24, 2.45) is 5.41 Å². The summed E-state index contributed by atoms with van der Waals surface area (Å²) in [6.45, 7) is 11.7. The predicted octanol–water partition coefficient (Wildman–Crippen LogP) is 3.45. The Morgan fingerprint density at radius 3 is 2.38 bits per heavy atom. The van der Waals surface area contributed by atoms with Gasteiger partial charge in [-0.25, -0.2) is 13.1 Å². The summed E-state index contributed by atoms with van der Waals surface area (Å²) in [7, 11) is -3.49. The molecule has 136 valence electrons. The molecule has 1 atom stereocenters. The molecule has 1 aliphatic heterocycles. The van der Waals surface area contributed by atoms with Crippen LogP contribution in [0.25, 0.3) is 0 Å². The molecule has 0 spiro atoms. The molecule has 2 rings (SSSR count). The quantitative estimate of drug-likeness (QED) is 0.824. The first-order chi connectivity index (χ1) is 11.3. The Morgan fingerprint density at radius 2 is 1.75 bits per heavy atom. The third-order valence-electron chi connectivity index (χ3n) is 5.95. The van der Waals surface area contributed by atoms with E-state index in [4.69, 9.17) is 0 Å². The summed E-state index contributed by atoms with van der Waals surface area (Å²) >= 11 is 0. The first-order valence-corrected chi connectivity index (χ1v) is 10.5. The van der Waals surface area contributed by atoms with Gasteiger partial charge in [-0.15, -0.1) is 0 Å². The van der Waals surface area contributed by atoms with Crippen molar-refractivity contribution in [2.45, 2.75) is 71.2 Å². The minimum Gasteiger partial charge on any atom is -0.312 e. The van der Waals surface area contributed by atoms with E-state index in [0.717, 1.165) is 36.1 Å². The average Bonchev–Trinajstić information content (AvgIpc) is 2.56. The van der Waals surface area contributed by atoms with E-state index in [1.807, 2.05) is 26.8 Å². The molecule has 0 saturated carbocycles. The zero-order valence-electron chi connectivity index (χ0n) is 15.7. The molecular weight excluding hydrogens is 320 g/mol. The van der Waals surface area contributed by atoms with Crippen LogP contribution in [0.1, 0.15) is 56.2 Å². The standard InChI is InChI=1S/C19H32N2O2S/c1-6-19(7-2)9-8-10-20-18(19)13-21-24(22,23)17-12-15(4)14(3)11-16(17)5/h11-12,18,20-21H,6-10,13H2,1-5H3. The summed E-state index contributed by atoms with van der Waals surface area (Å²) < 4.78 is 28.5. The van der Waals surface area contributed by atoms with Crippen molar-refractivity contribution in [3.63, 3.8) is 0 Å². The summed E-state index contributed by atoms with van der Waals surface area (Å²) in [5, 5.41) is 3.54. The molecule has 0 aliphatic carbocycles. The Morgan fingerprint density at radius 1 is 1.12 bits per heavy atom. The van der Waals surface area contributed by atoms with Crippen molar-refractivity contribution in [1.82, 2.24) is 10.0 Å². The van der Waals surface area contributed by atoms with E-state index in [-0.39, 0.29) is 11.5 Å². The topological polar surface area (TPSA) is 58.2 Å². The number of rotatable bonds is 6. The van der Waals surface area contributed by atoms with Crippen molar-refractivity contribution in [3.05, 3.63) is 28.8 Å². The fourth-order valence-electron chi connectivity index (χ4n) is 3.99. The summed E-state index contributed by atoms with van der Waals surface area (Å²) in [5.41, 5.74) is 3.13. The smallest absolute Gasteiger partial charge is 0.240 e. The van der Waals surface area contributed by atoms with Crippen LogP contribution in [-0.2, 0) is 10.0 Å². The van der Waals surface area contributed by atoms with Gasteiger partial charge in [0.1, 0.15) is 0 Å². The summed E-state index contributed by atoms with van der Waals surface area (Å²) in [4.78, 5) is 0.403.